The van der Waals surface area contributed by atoms with Gasteiger partial charge in [-0.2, -0.15) is 5.26 Å². The maximum atomic E-state index is 12.7. The minimum Gasteiger partial charge on any atom is -0.306 e. The first-order valence-corrected chi connectivity index (χ1v) is 5.52. The third kappa shape index (κ3) is 4.90. The van der Waals surface area contributed by atoms with Gasteiger partial charge in [0.25, 0.3) is 0 Å². The fourth-order valence-corrected chi connectivity index (χ4v) is 1.51. The van der Waals surface area contributed by atoms with Gasteiger partial charge in [0, 0.05) is 13.0 Å². The molecule has 0 N–H and O–H groups in total. The van der Waals surface area contributed by atoms with Gasteiger partial charge in [0.2, 0.25) is 0 Å². The molecule has 0 aliphatic rings. The molecule has 0 aromatic heterocycles. The lowest BCUT2D eigenvalue weighted by Gasteiger charge is -2.15. The van der Waals surface area contributed by atoms with E-state index in [1.807, 2.05) is 19.2 Å². The number of unbranched alkanes of at least 4 members (excludes halogenated alkanes) is 1. The highest BCUT2D eigenvalue weighted by atomic mass is 19.1. The second kappa shape index (κ2) is 6.97. The Morgan fingerprint density at radius 1 is 1.25 bits per heavy atom. The average Bonchev–Trinajstić information content (AvgIpc) is 2.29. The molecule has 0 fully saturated rings. The predicted molar refractivity (Wildman–Crippen MR) is 62.4 cm³/mol. The highest BCUT2D eigenvalue weighted by Crippen LogP contribution is 2.04. The fraction of sp³-hybridized carbons (Fsp3) is 0.462. The van der Waals surface area contributed by atoms with E-state index in [4.69, 9.17) is 5.26 Å². The van der Waals surface area contributed by atoms with Crippen molar-refractivity contribution in [3.63, 3.8) is 0 Å². The first-order chi connectivity index (χ1) is 7.72. The third-order valence-corrected chi connectivity index (χ3v) is 2.52. The number of likely N-dealkylation sites (N-methyl/N-ethyl adjacent to an activating group) is 1. The summed E-state index contributed by atoms with van der Waals surface area (Å²) in [5.74, 6) is -0.189. The minimum atomic E-state index is -0.189. The van der Waals surface area contributed by atoms with Gasteiger partial charge in [-0.25, -0.2) is 4.39 Å². The van der Waals surface area contributed by atoms with Gasteiger partial charge in [0.05, 0.1) is 6.07 Å². The van der Waals surface area contributed by atoms with Crippen molar-refractivity contribution in [1.82, 2.24) is 4.90 Å². The lowest BCUT2D eigenvalue weighted by molar-refractivity contribution is 0.335. The third-order valence-electron chi connectivity index (χ3n) is 2.52. The summed E-state index contributed by atoms with van der Waals surface area (Å²) in [6.07, 6.45) is 2.45. The number of nitriles is 1. The van der Waals surface area contributed by atoms with Gasteiger partial charge in [-0.05, 0) is 44.1 Å². The van der Waals surface area contributed by atoms with E-state index in [1.54, 1.807) is 0 Å². The van der Waals surface area contributed by atoms with Gasteiger partial charge in [0.15, 0.2) is 0 Å². The minimum absolute atomic E-state index is 0.189. The Labute approximate surface area is 96.3 Å². The van der Waals surface area contributed by atoms with Crippen LogP contribution in [0.2, 0.25) is 0 Å². The topological polar surface area (TPSA) is 27.0 Å². The maximum absolute atomic E-state index is 12.7. The fourth-order valence-electron chi connectivity index (χ4n) is 1.51. The molecule has 1 rings (SSSR count). The first kappa shape index (κ1) is 12.7. The summed E-state index contributed by atoms with van der Waals surface area (Å²) in [6.45, 7) is 1.88. The molecule has 0 saturated heterocycles. The zero-order chi connectivity index (χ0) is 11.8. The molecule has 0 unspecified atom stereocenters. The van der Waals surface area contributed by atoms with Crippen molar-refractivity contribution in [1.29, 1.82) is 5.26 Å². The van der Waals surface area contributed by atoms with E-state index >= 15 is 0 Å². The molecule has 0 atom stereocenters. The lowest BCUT2D eigenvalue weighted by atomic mass is 10.1. The molecule has 0 amide bonds. The van der Waals surface area contributed by atoms with Crippen molar-refractivity contribution in [3.8, 4) is 6.07 Å². The van der Waals surface area contributed by atoms with Crippen molar-refractivity contribution in [2.45, 2.75) is 19.3 Å². The summed E-state index contributed by atoms with van der Waals surface area (Å²) >= 11 is 0. The van der Waals surface area contributed by atoms with Crippen LogP contribution in [-0.2, 0) is 6.42 Å². The normalized spacial score (nSPS) is 10.4. The number of benzene rings is 1. The highest BCUT2D eigenvalue weighted by Gasteiger charge is 1.99. The van der Waals surface area contributed by atoms with Crippen molar-refractivity contribution in [3.05, 3.63) is 35.6 Å². The molecule has 0 spiro atoms. The lowest BCUT2D eigenvalue weighted by Crippen LogP contribution is -2.22. The molecule has 0 radical (unpaired) electrons. The van der Waals surface area contributed by atoms with E-state index in [2.05, 4.69) is 11.0 Å². The molecule has 2 nitrogen and oxygen atoms in total. The standard InChI is InChI=1S/C13H17FN2/c1-16(10-3-2-9-15)11-8-12-4-6-13(14)7-5-12/h4-7H,2-3,8,10-11H2,1H3. The van der Waals surface area contributed by atoms with Crippen molar-refractivity contribution in [2.24, 2.45) is 0 Å². The van der Waals surface area contributed by atoms with Crippen LogP contribution in [0.3, 0.4) is 0 Å². The van der Waals surface area contributed by atoms with E-state index in [0.717, 1.165) is 31.5 Å². The number of hydrogen-bond acceptors (Lipinski definition) is 2. The largest absolute Gasteiger partial charge is 0.306 e. The van der Waals surface area contributed by atoms with Crippen LogP contribution in [0.1, 0.15) is 18.4 Å². The summed E-state index contributed by atoms with van der Waals surface area (Å²) in [7, 11) is 2.04. The van der Waals surface area contributed by atoms with Gasteiger partial charge < -0.3 is 4.90 Å². The van der Waals surface area contributed by atoms with Crippen molar-refractivity contribution in [2.75, 3.05) is 20.1 Å². The van der Waals surface area contributed by atoms with Crippen molar-refractivity contribution >= 4 is 0 Å². The highest BCUT2D eigenvalue weighted by molar-refractivity contribution is 5.16. The zero-order valence-electron chi connectivity index (χ0n) is 9.62. The van der Waals surface area contributed by atoms with Crippen molar-refractivity contribution < 1.29 is 4.39 Å². The van der Waals surface area contributed by atoms with Gasteiger partial charge in [-0.1, -0.05) is 12.1 Å². The Kier molecular flexibility index (Phi) is 5.52. The first-order valence-electron chi connectivity index (χ1n) is 5.52. The summed E-state index contributed by atoms with van der Waals surface area (Å²) in [5, 5.41) is 8.41. The molecular formula is C13H17FN2. The summed E-state index contributed by atoms with van der Waals surface area (Å²) in [5.41, 5.74) is 1.15. The Hall–Kier alpha value is -1.40. The van der Waals surface area contributed by atoms with Crippen LogP contribution in [0.4, 0.5) is 4.39 Å². The summed E-state index contributed by atoms with van der Waals surface area (Å²) < 4.78 is 12.7. The van der Waals surface area contributed by atoms with Crippen LogP contribution in [0, 0.1) is 17.1 Å². The van der Waals surface area contributed by atoms with E-state index < -0.39 is 0 Å². The van der Waals surface area contributed by atoms with E-state index in [9.17, 15) is 4.39 Å². The molecule has 1 aromatic rings. The van der Waals surface area contributed by atoms with E-state index in [-0.39, 0.29) is 5.82 Å². The monoisotopic (exact) mass is 220 g/mol. The van der Waals surface area contributed by atoms with Gasteiger partial charge in [-0.15, -0.1) is 0 Å². The SMILES string of the molecule is CN(CCCC#N)CCc1ccc(F)cc1. The second-order valence-corrected chi connectivity index (χ2v) is 3.94. The van der Waals surface area contributed by atoms with E-state index in [0.29, 0.717) is 6.42 Å². The van der Waals surface area contributed by atoms with Crippen LogP contribution in [0.5, 0.6) is 0 Å². The van der Waals surface area contributed by atoms with Crippen LogP contribution in [-0.4, -0.2) is 25.0 Å². The number of hydrogen-bond donors (Lipinski definition) is 0. The zero-order valence-corrected chi connectivity index (χ0v) is 9.62. The molecule has 1 aromatic carbocycles. The van der Waals surface area contributed by atoms with Gasteiger partial charge in [0.1, 0.15) is 5.82 Å². The van der Waals surface area contributed by atoms with Crippen LogP contribution < -0.4 is 0 Å². The van der Waals surface area contributed by atoms with Crippen LogP contribution >= 0.6 is 0 Å². The summed E-state index contributed by atoms with van der Waals surface area (Å²) in [6, 6.07) is 8.75. The second-order valence-electron chi connectivity index (χ2n) is 3.94. The Bertz CT molecular complexity index is 340. The molecule has 0 bridgehead atoms. The quantitative estimate of drug-likeness (QED) is 0.689. The molecule has 86 valence electrons. The Balaban J connectivity index is 2.23. The molecule has 0 saturated carbocycles. The average molecular weight is 220 g/mol. The van der Waals surface area contributed by atoms with Crippen LogP contribution in [0.15, 0.2) is 24.3 Å². The van der Waals surface area contributed by atoms with Gasteiger partial charge >= 0.3 is 0 Å². The molecular weight excluding hydrogens is 203 g/mol. The number of nitrogens with zero attached hydrogens (tertiary/aromatic N) is 2. The molecule has 16 heavy (non-hydrogen) atoms. The smallest absolute Gasteiger partial charge is 0.123 e. The summed E-state index contributed by atoms with van der Waals surface area (Å²) in [4.78, 5) is 2.20. The number of rotatable bonds is 6. The molecule has 0 heterocycles. The molecule has 0 aliphatic heterocycles. The van der Waals surface area contributed by atoms with Crippen LogP contribution in [0.25, 0.3) is 0 Å². The van der Waals surface area contributed by atoms with Gasteiger partial charge in [-0.3, -0.25) is 0 Å². The van der Waals surface area contributed by atoms with E-state index in [1.165, 1.54) is 12.1 Å². The number of halogens is 1. The predicted octanol–water partition coefficient (Wildman–Crippen LogP) is 2.60. The Morgan fingerprint density at radius 3 is 2.56 bits per heavy atom. The molecule has 3 heteroatoms. The Morgan fingerprint density at radius 2 is 1.94 bits per heavy atom. The maximum Gasteiger partial charge on any atom is 0.123 e. The molecule has 0 aliphatic carbocycles.